The van der Waals surface area contributed by atoms with Crippen LogP contribution in [0.1, 0.15) is 11.3 Å². The first kappa shape index (κ1) is 12.0. The van der Waals surface area contributed by atoms with Crippen LogP contribution >= 0.6 is 23.3 Å². The van der Waals surface area contributed by atoms with Gasteiger partial charge in [-0.1, -0.05) is 12.1 Å². The fraction of sp³-hybridized carbons (Fsp3) is 0.167. The van der Waals surface area contributed by atoms with E-state index in [2.05, 4.69) is 15.8 Å². The van der Waals surface area contributed by atoms with Gasteiger partial charge in [-0.05, 0) is 36.8 Å². The molecule has 2 rings (SSSR count). The van der Waals surface area contributed by atoms with Crippen LogP contribution in [-0.2, 0) is 0 Å². The third kappa shape index (κ3) is 2.43. The van der Waals surface area contributed by atoms with Crippen LogP contribution < -0.4 is 5.32 Å². The van der Waals surface area contributed by atoms with Crippen molar-refractivity contribution in [3.63, 3.8) is 0 Å². The number of hydrogen-bond donors (Lipinski definition) is 1. The van der Waals surface area contributed by atoms with Crippen molar-refractivity contribution in [3.05, 3.63) is 35.5 Å². The van der Waals surface area contributed by atoms with Gasteiger partial charge in [0.15, 0.2) is 0 Å². The molecule has 0 amide bonds. The Kier molecular flexibility index (Phi) is 3.67. The monoisotopic (exact) mass is 261 g/mol. The molecule has 0 aliphatic heterocycles. The molecule has 0 radical (unpaired) electrons. The second kappa shape index (κ2) is 5.21. The number of nitrogens with one attached hydrogen (secondary N) is 1. The number of benzene rings is 1. The number of nitriles is 1. The minimum atomic E-state index is 0.630. The Balaban J connectivity index is 2.35. The van der Waals surface area contributed by atoms with Crippen molar-refractivity contribution in [2.45, 2.75) is 11.8 Å². The molecule has 1 aromatic carbocycles. The lowest BCUT2D eigenvalue weighted by Gasteiger charge is -2.08. The number of nitrogens with zero attached hydrogens (tertiary/aromatic N) is 2. The third-order valence-electron chi connectivity index (χ3n) is 2.33. The lowest BCUT2D eigenvalue weighted by molar-refractivity contribution is 1.31. The SMILES string of the molecule is CSc1ccccc1Nc1snc(C)c1C#N. The number of aryl methyl sites for hydroxylation is 1. The van der Waals surface area contributed by atoms with Gasteiger partial charge < -0.3 is 5.32 Å². The van der Waals surface area contributed by atoms with Gasteiger partial charge >= 0.3 is 0 Å². The molecule has 3 nitrogen and oxygen atoms in total. The predicted molar refractivity (Wildman–Crippen MR) is 73.1 cm³/mol. The molecule has 1 N–H and O–H groups in total. The Morgan fingerprint density at radius 1 is 1.41 bits per heavy atom. The van der Waals surface area contributed by atoms with Gasteiger partial charge in [-0.3, -0.25) is 0 Å². The normalized spacial score (nSPS) is 9.94. The Morgan fingerprint density at radius 2 is 2.18 bits per heavy atom. The standard InChI is InChI=1S/C12H11N3S2/c1-8-9(7-13)12(17-15-8)14-10-5-3-4-6-11(10)16-2/h3-6,14H,1-2H3. The largest absolute Gasteiger partial charge is 0.344 e. The van der Waals surface area contributed by atoms with E-state index >= 15 is 0 Å². The molecule has 17 heavy (non-hydrogen) atoms. The molecule has 2 aromatic rings. The summed E-state index contributed by atoms with van der Waals surface area (Å²) >= 11 is 3.00. The fourth-order valence-electron chi connectivity index (χ4n) is 1.46. The quantitative estimate of drug-likeness (QED) is 0.854. The van der Waals surface area contributed by atoms with Gasteiger partial charge in [-0.2, -0.15) is 9.64 Å². The lowest BCUT2D eigenvalue weighted by Crippen LogP contribution is -1.92. The van der Waals surface area contributed by atoms with E-state index in [4.69, 9.17) is 5.26 Å². The first-order valence-corrected chi connectivity index (χ1v) is 7.02. The molecular weight excluding hydrogens is 250 g/mol. The minimum Gasteiger partial charge on any atom is -0.344 e. The molecule has 0 aliphatic carbocycles. The third-order valence-corrected chi connectivity index (χ3v) is 3.98. The minimum absolute atomic E-state index is 0.630. The molecule has 1 aromatic heterocycles. The number of aromatic nitrogens is 1. The van der Waals surface area contributed by atoms with Crippen LogP contribution in [0.25, 0.3) is 0 Å². The molecule has 0 fully saturated rings. The van der Waals surface area contributed by atoms with Gasteiger partial charge in [0.2, 0.25) is 0 Å². The molecule has 0 unspecified atom stereocenters. The first-order chi connectivity index (χ1) is 8.26. The molecule has 86 valence electrons. The maximum Gasteiger partial charge on any atom is 0.132 e. The second-order valence-corrected chi connectivity index (χ2v) is 5.03. The second-order valence-electron chi connectivity index (χ2n) is 3.41. The summed E-state index contributed by atoms with van der Waals surface area (Å²) in [5.74, 6) is 0. The van der Waals surface area contributed by atoms with Crippen LogP contribution in [0.15, 0.2) is 29.2 Å². The van der Waals surface area contributed by atoms with Gasteiger partial charge in [0, 0.05) is 4.90 Å². The van der Waals surface area contributed by atoms with Crippen molar-refractivity contribution < 1.29 is 0 Å². The van der Waals surface area contributed by atoms with E-state index in [1.807, 2.05) is 37.4 Å². The number of anilines is 2. The highest BCUT2D eigenvalue weighted by Gasteiger charge is 2.11. The number of hydrogen-bond acceptors (Lipinski definition) is 5. The van der Waals surface area contributed by atoms with Crippen LogP contribution in [0, 0.1) is 18.3 Å². The van der Waals surface area contributed by atoms with Crippen LogP contribution in [0.3, 0.4) is 0 Å². The highest BCUT2D eigenvalue weighted by molar-refractivity contribution is 7.98. The van der Waals surface area contributed by atoms with E-state index in [0.29, 0.717) is 5.56 Å². The van der Waals surface area contributed by atoms with E-state index in [-0.39, 0.29) is 0 Å². The molecule has 0 bridgehead atoms. The molecule has 0 saturated heterocycles. The highest BCUT2D eigenvalue weighted by atomic mass is 32.2. The van der Waals surface area contributed by atoms with Gasteiger partial charge in [0.05, 0.1) is 11.4 Å². The van der Waals surface area contributed by atoms with Crippen molar-refractivity contribution in [1.29, 1.82) is 5.26 Å². The lowest BCUT2D eigenvalue weighted by atomic mass is 10.2. The van der Waals surface area contributed by atoms with Gasteiger partial charge in [0.1, 0.15) is 16.6 Å². The van der Waals surface area contributed by atoms with E-state index < -0.39 is 0 Å². The van der Waals surface area contributed by atoms with E-state index in [1.165, 1.54) is 11.5 Å². The zero-order chi connectivity index (χ0) is 12.3. The average Bonchev–Trinajstić information content (AvgIpc) is 2.70. The summed E-state index contributed by atoms with van der Waals surface area (Å²) in [5, 5.41) is 13.2. The molecule has 0 aliphatic rings. The van der Waals surface area contributed by atoms with Gasteiger partial charge in [-0.25, -0.2) is 0 Å². The summed E-state index contributed by atoms with van der Waals surface area (Å²) in [6.07, 6.45) is 2.03. The molecule has 0 spiro atoms. The Labute approximate surface area is 109 Å². The summed E-state index contributed by atoms with van der Waals surface area (Å²) in [6, 6.07) is 10.2. The van der Waals surface area contributed by atoms with Crippen molar-refractivity contribution in [1.82, 2.24) is 4.37 Å². The van der Waals surface area contributed by atoms with Crippen LogP contribution in [0.4, 0.5) is 10.7 Å². The predicted octanol–water partition coefficient (Wildman–Crippen LogP) is 3.79. The molecule has 1 heterocycles. The summed E-state index contributed by atoms with van der Waals surface area (Å²) in [4.78, 5) is 1.16. The smallest absolute Gasteiger partial charge is 0.132 e. The number of para-hydroxylation sites is 1. The maximum absolute atomic E-state index is 9.06. The Hall–Kier alpha value is -1.51. The van der Waals surface area contributed by atoms with E-state index in [0.717, 1.165) is 21.3 Å². The summed E-state index contributed by atoms with van der Waals surface area (Å²) in [7, 11) is 0. The average molecular weight is 261 g/mol. The zero-order valence-electron chi connectivity index (χ0n) is 9.52. The molecule has 0 saturated carbocycles. The van der Waals surface area contributed by atoms with Crippen molar-refractivity contribution in [3.8, 4) is 6.07 Å². The van der Waals surface area contributed by atoms with Crippen molar-refractivity contribution >= 4 is 34.0 Å². The van der Waals surface area contributed by atoms with Crippen molar-refractivity contribution in [2.75, 3.05) is 11.6 Å². The van der Waals surface area contributed by atoms with Crippen LogP contribution in [0.5, 0.6) is 0 Å². The number of rotatable bonds is 3. The molecular formula is C12H11N3S2. The van der Waals surface area contributed by atoms with Crippen LogP contribution in [0.2, 0.25) is 0 Å². The summed E-state index contributed by atoms with van der Waals surface area (Å²) in [6.45, 7) is 1.85. The first-order valence-electron chi connectivity index (χ1n) is 5.02. The molecule has 0 atom stereocenters. The maximum atomic E-state index is 9.06. The Morgan fingerprint density at radius 3 is 2.88 bits per heavy atom. The zero-order valence-corrected chi connectivity index (χ0v) is 11.2. The van der Waals surface area contributed by atoms with E-state index in [1.54, 1.807) is 11.8 Å². The topological polar surface area (TPSA) is 48.7 Å². The summed E-state index contributed by atoms with van der Waals surface area (Å²) < 4.78 is 4.19. The highest BCUT2D eigenvalue weighted by Crippen LogP contribution is 2.32. The fourth-order valence-corrected chi connectivity index (χ4v) is 2.77. The summed E-state index contributed by atoms with van der Waals surface area (Å²) in [5.41, 5.74) is 2.42. The molecule has 5 heteroatoms. The van der Waals surface area contributed by atoms with Crippen LogP contribution in [-0.4, -0.2) is 10.6 Å². The van der Waals surface area contributed by atoms with Gasteiger partial charge in [0.25, 0.3) is 0 Å². The van der Waals surface area contributed by atoms with E-state index in [9.17, 15) is 0 Å². The van der Waals surface area contributed by atoms with Crippen molar-refractivity contribution in [2.24, 2.45) is 0 Å². The number of thioether (sulfide) groups is 1. The van der Waals surface area contributed by atoms with Gasteiger partial charge in [-0.15, -0.1) is 11.8 Å². The Bertz CT molecular complexity index is 569.